The molecule has 0 unspecified atom stereocenters. The number of alkyl halides is 3. The largest absolute Gasteiger partial charge is 0.418 e. The Labute approximate surface area is 106 Å². The minimum atomic E-state index is -4.54. The second-order valence-corrected chi connectivity index (χ2v) is 4.30. The van der Waals surface area contributed by atoms with E-state index in [1.807, 2.05) is 6.92 Å². The van der Waals surface area contributed by atoms with Crippen molar-refractivity contribution in [1.29, 1.82) is 0 Å². The van der Waals surface area contributed by atoms with Crippen LogP contribution in [0.5, 0.6) is 0 Å². The van der Waals surface area contributed by atoms with Gasteiger partial charge in [-0.1, -0.05) is 11.6 Å². The minimum absolute atomic E-state index is 0.0797. The number of halogens is 4. The Balaban J connectivity index is 2.88. The molecule has 0 saturated heterocycles. The lowest BCUT2D eigenvalue weighted by atomic mass is 10.1. The molecule has 0 fully saturated rings. The van der Waals surface area contributed by atoms with Gasteiger partial charge in [0.2, 0.25) is 0 Å². The van der Waals surface area contributed by atoms with Crippen molar-refractivity contribution in [2.75, 3.05) is 5.73 Å². The highest BCUT2D eigenvalue weighted by Crippen LogP contribution is 2.41. The number of imidazole rings is 1. The van der Waals surface area contributed by atoms with E-state index in [-0.39, 0.29) is 11.2 Å². The molecular formula is C11H11ClF3N3. The van der Waals surface area contributed by atoms with Crippen LogP contribution >= 0.6 is 11.6 Å². The van der Waals surface area contributed by atoms with Crippen LogP contribution < -0.4 is 5.73 Å². The number of nitrogens with two attached hydrogens (primary N) is 1. The lowest BCUT2D eigenvalue weighted by Gasteiger charge is -2.12. The maximum atomic E-state index is 12.8. The molecule has 0 aliphatic carbocycles. The van der Waals surface area contributed by atoms with Gasteiger partial charge in [0.05, 0.1) is 27.3 Å². The van der Waals surface area contributed by atoms with Crippen LogP contribution in [0.25, 0.3) is 11.0 Å². The number of hydrogen-bond donors (Lipinski definition) is 1. The van der Waals surface area contributed by atoms with Crippen molar-refractivity contribution >= 4 is 28.3 Å². The molecule has 1 aromatic heterocycles. The molecule has 2 N–H and O–H groups in total. The molecule has 0 atom stereocenters. The van der Waals surface area contributed by atoms with Crippen LogP contribution in [-0.4, -0.2) is 9.55 Å². The van der Waals surface area contributed by atoms with Crippen LogP contribution in [0, 0.1) is 6.92 Å². The molecule has 7 heteroatoms. The molecule has 0 bridgehead atoms. The number of aryl methyl sites for hydroxylation is 2. The Morgan fingerprint density at radius 1 is 1.44 bits per heavy atom. The zero-order chi connectivity index (χ0) is 13.7. The fourth-order valence-electron chi connectivity index (χ4n) is 2.01. The molecule has 2 aromatic rings. The Kier molecular flexibility index (Phi) is 2.93. The summed E-state index contributed by atoms with van der Waals surface area (Å²) in [6.07, 6.45) is -4.54. The molecule has 0 spiro atoms. The van der Waals surface area contributed by atoms with Crippen molar-refractivity contribution in [1.82, 2.24) is 9.55 Å². The van der Waals surface area contributed by atoms with Crippen molar-refractivity contribution in [3.05, 3.63) is 22.5 Å². The molecule has 0 aliphatic heterocycles. The first kappa shape index (κ1) is 13.0. The van der Waals surface area contributed by atoms with Crippen molar-refractivity contribution < 1.29 is 13.2 Å². The summed E-state index contributed by atoms with van der Waals surface area (Å²) in [4.78, 5) is 4.08. The van der Waals surface area contributed by atoms with Crippen molar-refractivity contribution in [2.45, 2.75) is 26.6 Å². The summed E-state index contributed by atoms with van der Waals surface area (Å²) in [7, 11) is 0. The third-order valence-corrected chi connectivity index (χ3v) is 3.22. The lowest BCUT2D eigenvalue weighted by molar-refractivity contribution is -0.137. The topological polar surface area (TPSA) is 43.8 Å². The van der Waals surface area contributed by atoms with E-state index >= 15 is 0 Å². The number of anilines is 1. The second-order valence-electron chi connectivity index (χ2n) is 3.92. The van der Waals surface area contributed by atoms with Crippen LogP contribution in [0.15, 0.2) is 6.07 Å². The summed E-state index contributed by atoms with van der Waals surface area (Å²) in [5, 5.41) is -0.468. The maximum absolute atomic E-state index is 12.8. The smallest absolute Gasteiger partial charge is 0.396 e. The van der Waals surface area contributed by atoms with Gasteiger partial charge < -0.3 is 10.3 Å². The Bertz CT molecular complexity index is 616. The molecule has 98 valence electrons. The van der Waals surface area contributed by atoms with Crippen LogP contribution in [0.4, 0.5) is 18.9 Å². The van der Waals surface area contributed by atoms with Crippen LogP contribution in [0.2, 0.25) is 5.02 Å². The van der Waals surface area contributed by atoms with Crippen molar-refractivity contribution in [3.63, 3.8) is 0 Å². The molecular weight excluding hydrogens is 267 g/mol. The fraction of sp³-hybridized carbons (Fsp3) is 0.364. The summed E-state index contributed by atoms with van der Waals surface area (Å²) in [5.41, 5.74) is 5.35. The highest BCUT2D eigenvalue weighted by molar-refractivity contribution is 6.35. The van der Waals surface area contributed by atoms with E-state index in [4.69, 9.17) is 17.3 Å². The van der Waals surface area contributed by atoms with Crippen LogP contribution in [0.1, 0.15) is 18.3 Å². The molecule has 0 amide bonds. The molecule has 2 rings (SSSR count). The lowest BCUT2D eigenvalue weighted by Crippen LogP contribution is -2.08. The third kappa shape index (κ3) is 1.80. The molecule has 0 saturated carbocycles. The highest BCUT2D eigenvalue weighted by Gasteiger charge is 2.35. The molecule has 18 heavy (non-hydrogen) atoms. The summed E-state index contributed by atoms with van der Waals surface area (Å²) >= 11 is 5.71. The van der Waals surface area contributed by atoms with E-state index < -0.39 is 16.8 Å². The highest BCUT2D eigenvalue weighted by atomic mass is 35.5. The SMILES string of the molecule is CCn1c(C)nc2cc(C(F)(F)F)c(Cl)c(N)c21. The summed E-state index contributed by atoms with van der Waals surface area (Å²) in [6, 6.07) is 0.938. The number of hydrogen-bond acceptors (Lipinski definition) is 2. The van der Waals surface area contributed by atoms with Gasteiger partial charge in [-0.25, -0.2) is 4.98 Å². The van der Waals surface area contributed by atoms with E-state index in [9.17, 15) is 13.2 Å². The first-order chi connectivity index (χ1) is 8.27. The maximum Gasteiger partial charge on any atom is 0.418 e. The monoisotopic (exact) mass is 277 g/mol. The van der Waals surface area contributed by atoms with Gasteiger partial charge in [0.1, 0.15) is 5.82 Å². The van der Waals surface area contributed by atoms with E-state index in [0.717, 1.165) is 6.07 Å². The molecule has 0 radical (unpaired) electrons. The van der Waals surface area contributed by atoms with Gasteiger partial charge in [-0.15, -0.1) is 0 Å². The molecule has 3 nitrogen and oxygen atoms in total. The molecule has 1 heterocycles. The van der Waals surface area contributed by atoms with E-state index in [2.05, 4.69) is 4.98 Å². The van der Waals surface area contributed by atoms with Crippen molar-refractivity contribution in [3.8, 4) is 0 Å². The number of rotatable bonds is 1. The van der Waals surface area contributed by atoms with E-state index in [1.165, 1.54) is 0 Å². The Morgan fingerprint density at radius 2 is 2.06 bits per heavy atom. The number of nitrogens with zero attached hydrogens (tertiary/aromatic N) is 2. The minimum Gasteiger partial charge on any atom is -0.396 e. The van der Waals surface area contributed by atoms with Gasteiger partial charge in [-0.2, -0.15) is 13.2 Å². The van der Waals surface area contributed by atoms with Gasteiger partial charge >= 0.3 is 6.18 Å². The van der Waals surface area contributed by atoms with Gasteiger partial charge in [-0.05, 0) is 19.9 Å². The van der Waals surface area contributed by atoms with Crippen molar-refractivity contribution in [2.24, 2.45) is 0 Å². The average Bonchev–Trinajstić information content (AvgIpc) is 2.58. The summed E-state index contributed by atoms with van der Waals surface area (Å²) in [5.74, 6) is 0.606. The summed E-state index contributed by atoms with van der Waals surface area (Å²) in [6.45, 7) is 4.14. The second kappa shape index (κ2) is 4.05. The van der Waals surface area contributed by atoms with Crippen LogP contribution in [0.3, 0.4) is 0 Å². The van der Waals surface area contributed by atoms with E-state index in [0.29, 0.717) is 17.9 Å². The zero-order valence-electron chi connectivity index (χ0n) is 9.77. The quantitative estimate of drug-likeness (QED) is 0.809. The fourth-order valence-corrected chi connectivity index (χ4v) is 2.27. The third-order valence-electron chi connectivity index (χ3n) is 2.82. The molecule has 1 aromatic carbocycles. The van der Waals surface area contributed by atoms with Crippen LogP contribution in [-0.2, 0) is 12.7 Å². The van der Waals surface area contributed by atoms with E-state index in [1.54, 1.807) is 11.5 Å². The Hall–Kier alpha value is -1.43. The first-order valence-electron chi connectivity index (χ1n) is 5.29. The Morgan fingerprint density at radius 3 is 2.56 bits per heavy atom. The summed E-state index contributed by atoms with van der Waals surface area (Å²) < 4.78 is 40.0. The van der Waals surface area contributed by atoms with Gasteiger partial charge in [0.25, 0.3) is 0 Å². The number of benzene rings is 1. The first-order valence-corrected chi connectivity index (χ1v) is 5.67. The van der Waals surface area contributed by atoms with Gasteiger partial charge in [0, 0.05) is 6.54 Å². The number of fused-ring (bicyclic) bond motifs is 1. The normalized spacial score (nSPS) is 12.3. The average molecular weight is 278 g/mol. The predicted molar refractivity (Wildman–Crippen MR) is 64.6 cm³/mol. The predicted octanol–water partition coefficient (Wildman–Crippen LogP) is 3.62. The van der Waals surface area contributed by atoms with Gasteiger partial charge in [-0.3, -0.25) is 0 Å². The standard InChI is InChI=1S/C11H11ClF3N3/c1-3-18-5(2)17-7-4-6(11(13,14)15)8(12)9(16)10(7)18/h4H,3,16H2,1-2H3. The number of nitrogen functional groups attached to an aromatic ring is 1. The van der Waals surface area contributed by atoms with Gasteiger partial charge in [0.15, 0.2) is 0 Å². The number of aromatic nitrogens is 2. The molecule has 0 aliphatic rings. The zero-order valence-corrected chi connectivity index (χ0v) is 10.5.